The van der Waals surface area contributed by atoms with Gasteiger partial charge in [-0.2, -0.15) is 5.26 Å². The highest BCUT2D eigenvalue weighted by atomic mass is 19.1. The number of hydrogen-bond acceptors (Lipinski definition) is 2. The van der Waals surface area contributed by atoms with Crippen molar-refractivity contribution < 1.29 is 4.39 Å². The van der Waals surface area contributed by atoms with Gasteiger partial charge in [0.2, 0.25) is 0 Å². The summed E-state index contributed by atoms with van der Waals surface area (Å²) in [4.78, 5) is 0. The first kappa shape index (κ1) is 14.1. The van der Waals surface area contributed by atoms with Crippen molar-refractivity contribution in [2.75, 3.05) is 5.32 Å². The molecule has 0 radical (unpaired) electrons. The number of rotatable bonds is 3. The van der Waals surface area contributed by atoms with Gasteiger partial charge in [0.15, 0.2) is 0 Å². The molecule has 2 rings (SSSR count). The summed E-state index contributed by atoms with van der Waals surface area (Å²) in [5.41, 5.74) is 5.08. The van der Waals surface area contributed by atoms with Crippen molar-refractivity contribution >= 4 is 5.69 Å². The molecule has 0 saturated carbocycles. The van der Waals surface area contributed by atoms with Gasteiger partial charge in [-0.3, -0.25) is 0 Å². The van der Waals surface area contributed by atoms with E-state index >= 15 is 0 Å². The minimum absolute atomic E-state index is 0.330. The third kappa shape index (κ3) is 2.53. The molecule has 0 aliphatic rings. The van der Waals surface area contributed by atoms with Crippen molar-refractivity contribution in [1.29, 1.82) is 5.26 Å². The number of aryl methyl sites for hydroxylation is 1. The molecular formula is C16H18FN3. The fourth-order valence-electron chi connectivity index (χ4n) is 2.23. The number of hydrogen-bond donors (Lipinski definition) is 1. The largest absolute Gasteiger partial charge is 0.381 e. The van der Waals surface area contributed by atoms with Crippen LogP contribution < -0.4 is 5.32 Å². The Morgan fingerprint density at radius 2 is 1.95 bits per heavy atom. The van der Waals surface area contributed by atoms with Crippen LogP contribution in [0.1, 0.15) is 28.1 Å². The summed E-state index contributed by atoms with van der Waals surface area (Å²) < 4.78 is 15.8. The van der Waals surface area contributed by atoms with Crippen LogP contribution >= 0.6 is 0 Å². The highest BCUT2D eigenvalue weighted by molar-refractivity contribution is 5.56. The van der Waals surface area contributed by atoms with Crippen LogP contribution in [-0.4, -0.2) is 4.57 Å². The molecule has 0 unspecified atom stereocenters. The zero-order chi connectivity index (χ0) is 14.9. The molecule has 3 nitrogen and oxygen atoms in total. The Labute approximate surface area is 118 Å². The maximum absolute atomic E-state index is 13.7. The van der Waals surface area contributed by atoms with Gasteiger partial charge in [0.05, 0.1) is 11.6 Å². The van der Waals surface area contributed by atoms with Gasteiger partial charge in [-0.1, -0.05) is 0 Å². The molecule has 0 amide bonds. The van der Waals surface area contributed by atoms with E-state index in [1.165, 1.54) is 23.0 Å². The predicted molar refractivity (Wildman–Crippen MR) is 78.1 cm³/mol. The van der Waals surface area contributed by atoms with Crippen LogP contribution in [0, 0.1) is 37.9 Å². The summed E-state index contributed by atoms with van der Waals surface area (Å²) >= 11 is 0. The Morgan fingerprint density at radius 3 is 2.50 bits per heavy atom. The summed E-state index contributed by atoms with van der Waals surface area (Å²) in [5, 5.41) is 12.1. The molecule has 2 aromatic rings. The lowest BCUT2D eigenvalue weighted by Gasteiger charge is -2.11. The van der Waals surface area contributed by atoms with Crippen LogP contribution in [0.25, 0.3) is 0 Å². The maximum atomic E-state index is 13.7. The molecule has 1 aromatic carbocycles. The van der Waals surface area contributed by atoms with E-state index in [4.69, 9.17) is 5.26 Å². The Hall–Kier alpha value is -2.28. The molecule has 0 aliphatic carbocycles. The van der Waals surface area contributed by atoms with Crippen LogP contribution in [-0.2, 0) is 13.6 Å². The number of nitrogens with one attached hydrogen (secondary N) is 1. The number of nitriles is 1. The Morgan fingerprint density at radius 1 is 1.25 bits per heavy atom. The summed E-state index contributed by atoms with van der Waals surface area (Å²) in [6.07, 6.45) is 0. The third-order valence-electron chi connectivity index (χ3n) is 3.82. The molecule has 104 valence electrons. The van der Waals surface area contributed by atoms with Crippen molar-refractivity contribution in [2.24, 2.45) is 7.05 Å². The quantitative estimate of drug-likeness (QED) is 0.927. The standard InChI is InChI=1S/C16H18FN3/c1-10-5-14(12(3)20(10)4)9-19-16-7-13(8-18)6-15(17)11(16)2/h5-7,19H,9H2,1-4H3. The van der Waals surface area contributed by atoms with Crippen molar-refractivity contribution in [3.8, 4) is 6.07 Å². The van der Waals surface area contributed by atoms with Gasteiger partial charge >= 0.3 is 0 Å². The van der Waals surface area contributed by atoms with Gasteiger partial charge in [0.25, 0.3) is 0 Å². The minimum Gasteiger partial charge on any atom is -0.381 e. The van der Waals surface area contributed by atoms with Crippen LogP contribution in [0.5, 0.6) is 0 Å². The van der Waals surface area contributed by atoms with Crippen LogP contribution in [0.4, 0.5) is 10.1 Å². The molecule has 0 fully saturated rings. The second kappa shape index (κ2) is 5.38. The summed E-state index contributed by atoms with van der Waals surface area (Å²) in [7, 11) is 2.02. The van der Waals surface area contributed by atoms with Crippen molar-refractivity contribution in [3.63, 3.8) is 0 Å². The summed E-state index contributed by atoms with van der Waals surface area (Å²) in [5.74, 6) is -0.354. The van der Waals surface area contributed by atoms with Gasteiger partial charge in [-0.05, 0) is 44.5 Å². The number of nitrogens with zero attached hydrogens (tertiary/aromatic N) is 2. The van der Waals surface area contributed by atoms with Gasteiger partial charge in [0.1, 0.15) is 5.82 Å². The Kier molecular flexibility index (Phi) is 3.80. The van der Waals surface area contributed by atoms with E-state index in [0.717, 1.165) is 0 Å². The van der Waals surface area contributed by atoms with E-state index in [1.807, 2.05) is 13.1 Å². The molecule has 0 saturated heterocycles. The zero-order valence-corrected chi connectivity index (χ0v) is 12.2. The monoisotopic (exact) mass is 271 g/mol. The number of benzene rings is 1. The molecule has 1 heterocycles. The molecule has 1 N–H and O–H groups in total. The first-order valence-corrected chi connectivity index (χ1v) is 6.50. The Bertz CT molecular complexity index is 693. The van der Waals surface area contributed by atoms with E-state index in [-0.39, 0.29) is 5.82 Å². The fourth-order valence-corrected chi connectivity index (χ4v) is 2.23. The lowest BCUT2D eigenvalue weighted by atomic mass is 10.1. The molecule has 20 heavy (non-hydrogen) atoms. The fraction of sp³-hybridized carbons (Fsp3) is 0.312. The lowest BCUT2D eigenvalue weighted by Crippen LogP contribution is -2.04. The average molecular weight is 271 g/mol. The van der Waals surface area contributed by atoms with Gasteiger partial charge < -0.3 is 9.88 Å². The average Bonchev–Trinajstić information content (AvgIpc) is 2.67. The highest BCUT2D eigenvalue weighted by Crippen LogP contribution is 2.22. The van der Waals surface area contributed by atoms with Crippen LogP contribution in [0.3, 0.4) is 0 Å². The van der Waals surface area contributed by atoms with Crippen molar-refractivity contribution in [3.05, 3.63) is 52.1 Å². The number of aromatic nitrogens is 1. The summed E-state index contributed by atoms with van der Waals surface area (Å²) in [6.45, 7) is 6.44. The first-order valence-electron chi connectivity index (χ1n) is 6.50. The van der Waals surface area contributed by atoms with Gasteiger partial charge in [0, 0.05) is 36.2 Å². The molecule has 0 aliphatic heterocycles. The lowest BCUT2D eigenvalue weighted by molar-refractivity contribution is 0.618. The topological polar surface area (TPSA) is 40.8 Å². The molecule has 0 bridgehead atoms. The molecule has 4 heteroatoms. The highest BCUT2D eigenvalue weighted by Gasteiger charge is 2.09. The van der Waals surface area contributed by atoms with Crippen molar-refractivity contribution in [2.45, 2.75) is 27.3 Å². The zero-order valence-electron chi connectivity index (χ0n) is 12.2. The van der Waals surface area contributed by atoms with Crippen LogP contribution in [0.15, 0.2) is 18.2 Å². The summed E-state index contributed by atoms with van der Waals surface area (Å²) in [6, 6.07) is 7.03. The third-order valence-corrected chi connectivity index (χ3v) is 3.82. The second-order valence-corrected chi connectivity index (χ2v) is 5.05. The van der Waals surface area contributed by atoms with E-state index in [9.17, 15) is 4.39 Å². The first-order chi connectivity index (χ1) is 9.43. The maximum Gasteiger partial charge on any atom is 0.129 e. The number of anilines is 1. The Balaban J connectivity index is 2.25. The van der Waals surface area contributed by atoms with Gasteiger partial charge in [-0.25, -0.2) is 4.39 Å². The SMILES string of the molecule is Cc1c(F)cc(C#N)cc1NCc1cc(C)n(C)c1C. The van der Waals surface area contributed by atoms with E-state index in [0.29, 0.717) is 23.4 Å². The second-order valence-electron chi connectivity index (χ2n) is 5.05. The van der Waals surface area contributed by atoms with E-state index in [1.54, 1.807) is 13.0 Å². The van der Waals surface area contributed by atoms with Crippen molar-refractivity contribution in [1.82, 2.24) is 4.57 Å². The normalized spacial score (nSPS) is 10.4. The van der Waals surface area contributed by atoms with E-state index in [2.05, 4.69) is 29.8 Å². The van der Waals surface area contributed by atoms with Crippen LogP contribution in [0.2, 0.25) is 0 Å². The molecular weight excluding hydrogens is 253 g/mol. The smallest absolute Gasteiger partial charge is 0.129 e. The molecule has 1 aromatic heterocycles. The van der Waals surface area contributed by atoms with E-state index < -0.39 is 0 Å². The number of halogens is 1. The minimum atomic E-state index is -0.354. The molecule has 0 atom stereocenters. The molecule has 0 spiro atoms. The predicted octanol–water partition coefficient (Wildman–Crippen LogP) is 3.57. The van der Waals surface area contributed by atoms with Gasteiger partial charge in [-0.15, -0.1) is 0 Å².